The van der Waals surface area contributed by atoms with Crippen molar-refractivity contribution in [2.24, 2.45) is 7.05 Å². The van der Waals surface area contributed by atoms with Crippen molar-refractivity contribution in [2.45, 2.75) is 51.5 Å². The third kappa shape index (κ3) is 4.76. The van der Waals surface area contributed by atoms with Crippen molar-refractivity contribution in [3.8, 4) is 0 Å². The number of aryl methyl sites for hydroxylation is 2. The third-order valence-electron chi connectivity index (χ3n) is 8.64. The molecule has 0 radical (unpaired) electrons. The van der Waals surface area contributed by atoms with Crippen LogP contribution in [0.5, 0.6) is 0 Å². The van der Waals surface area contributed by atoms with Crippen LogP contribution < -0.4 is 16.1 Å². The van der Waals surface area contributed by atoms with E-state index >= 15 is 0 Å². The summed E-state index contributed by atoms with van der Waals surface area (Å²) in [4.78, 5) is 63.4. The zero-order valence-corrected chi connectivity index (χ0v) is 25.1. The van der Waals surface area contributed by atoms with E-state index in [1.807, 2.05) is 6.92 Å². The minimum absolute atomic E-state index is 0.0369. The maximum Gasteiger partial charge on any atom is 0.330 e. The number of amides is 1. The van der Waals surface area contributed by atoms with Gasteiger partial charge in [-0.3, -0.25) is 28.6 Å². The molecule has 1 amide bonds. The largest absolute Gasteiger partial charge is 0.335 e. The smallest absolute Gasteiger partial charge is 0.330 e. The molecule has 0 spiro atoms. The molecule has 1 saturated carbocycles. The number of benzene rings is 2. The Morgan fingerprint density at radius 2 is 1.75 bits per heavy atom. The molecular weight excluding hydrogens is 565 g/mol. The molecule has 0 bridgehead atoms. The Kier molecular flexibility index (Phi) is 6.94. The first kappa shape index (κ1) is 29.0. The average molecular weight is 598 g/mol. The molecule has 12 heteroatoms. The molecule has 3 heterocycles. The molecule has 5 aromatic rings. The Hall–Kier alpha value is -5.13. The van der Waals surface area contributed by atoms with Crippen LogP contribution in [0.4, 0.5) is 10.1 Å². The Morgan fingerprint density at radius 1 is 1.07 bits per heavy atom. The highest BCUT2D eigenvalue weighted by molar-refractivity contribution is 6.47. The van der Waals surface area contributed by atoms with Crippen LogP contribution in [-0.2, 0) is 23.7 Å². The van der Waals surface area contributed by atoms with Gasteiger partial charge in [-0.15, -0.1) is 0 Å². The molecule has 1 atom stereocenters. The highest BCUT2D eigenvalue weighted by Crippen LogP contribution is 2.38. The highest BCUT2D eigenvalue weighted by atomic mass is 19.1. The molecule has 44 heavy (non-hydrogen) atoms. The number of nitrogens with zero attached hydrogens (tertiary/aromatic N) is 5. The Balaban J connectivity index is 1.41. The first-order valence-corrected chi connectivity index (χ1v) is 14.3. The molecule has 226 valence electrons. The number of rotatable bonds is 8. The van der Waals surface area contributed by atoms with Gasteiger partial charge < -0.3 is 9.88 Å². The van der Waals surface area contributed by atoms with E-state index < -0.39 is 28.4 Å². The number of H-pyrrole nitrogens is 2. The fourth-order valence-corrected chi connectivity index (χ4v) is 5.82. The minimum Gasteiger partial charge on any atom is -0.335 e. The number of carbonyl (C=O) groups excluding carboxylic acids is 2. The van der Waals surface area contributed by atoms with Gasteiger partial charge in [0, 0.05) is 31.5 Å². The van der Waals surface area contributed by atoms with Gasteiger partial charge in [0.2, 0.25) is 0 Å². The topological polar surface area (TPSA) is 139 Å². The van der Waals surface area contributed by atoms with Gasteiger partial charge in [0.05, 0.1) is 16.7 Å². The summed E-state index contributed by atoms with van der Waals surface area (Å²) in [7, 11) is 3.24. The van der Waals surface area contributed by atoms with E-state index in [-0.39, 0.29) is 35.0 Å². The number of aromatic amines is 2. The Morgan fingerprint density at radius 3 is 2.36 bits per heavy atom. The molecule has 1 fully saturated rings. The molecule has 1 aliphatic rings. The van der Waals surface area contributed by atoms with Gasteiger partial charge in [-0.05, 0) is 69.4 Å². The van der Waals surface area contributed by atoms with Crippen LogP contribution in [0, 0.1) is 19.7 Å². The highest BCUT2D eigenvalue weighted by Gasteiger charge is 2.36. The zero-order chi connectivity index (χ0) is 31.5. The van der Waals surface area contributed by atoms with Gasteiger partial charge in [-0.2, -0.15) is 5.10 Å². The summed E-state index contributed by atoms with van der Waals surface area (Å²) in [5.74, 6) is -1.36. The fourth-order valence-electron chi connectivity index (χ4n) is 5.82. The van der Waals surface area contributed by atoms with Crippen molar-refractivity contribution in [3.63, 3.8) is 0 Å². The molecule has 0 saturated heterocycles. The molecule has 11 nitrogen and oxygen atoms in total. The van der Waals surface area contributed by atoms with E-state index in [1.54, 1.807) is 68.0 Å². The molecule has 1 aliphatic carbocycles. The van der Waals surface area contributed by atoms with E-state index in [4.69, 9.17) is 4.98 Å². The number of fused-ring (bicyclic) bond motifs is 1. The van der Waals surface area contributed by atoms with Gasteiger partial charge in [0.1, 0.15) is 17.2 Å². The van der Waals surface area contributed by atoms with Gasteiger partial charge in [0.15, 0.2) is 5.65 Å². The normalized spacial score (nSPS) is 14.5. The number of imidazole rings is 1. The second-order valence-corrected chi connectivity index (χ2v) is 11.7. The summed E-state index contributed by atoms with van der Waals surface area (Å²) in [5, 5.41) is 4.25. The van der Waals surface area contributed by atoms with Crippen molar-refractivity contribution in [3.05, 3.63) is 109 Å². The number of nitrogens with one attached hydrogen (secondary N) is 2. The van der Waals surface area contributed by atoms with Crippen molar-refractivity contribution in [2.75, 3.05) is 11.9 Å². The van der Waals surface area contributed by atoms with Gasteiger partial charge in [0.25, 0.3) is 17.2 Å². The lowest BCUT2D eigenvalue weighted by Crippen LogP contribution is -2.34. The quantitative estimate of drug-likeness (QED) is 0.207. The lowest BCUT2D eigenvalue weighted by Gasteiger charge is -2.29. The molecule has 3 aromatic heterocycles. The molecule has 1 unspecified atom stereocenters. The van der Waals surface area contributed by atoms with E-state index in [0.717, 1.165) is 12.8 Å². The van der Waals surface area contributed by atoms with E-state index in [2.05, 4.69) is 15.1 Å². The molecule has 6 rings (SSSR count). The number of aromatic nitrogens is 6. The van der Waals surface area contributed by atoms with Crippen molar-refractivity contribution in [1.82, 2.24) is 29.3 Å². The van der Waals surface area contributed by atoms with Crippen molar-refractivity contribution in [1.29, 1.82) is 0 Å². The number of likely N-dealkylation sites (N-methyl/N-ethyl adjacent to an activating group) is 1. The van der Waals surface area contributed by atoms with E-state index in [1.165, 1.54) is 22.6 Å². The molecular formula is C32H32FN7O4. The second-order valence-electron chi connectivity index (χ2n) is 11.7. The first-order valence-electron chi connectivity index (χ1n) is 14.3. The fraction of sp³-hybridized carbons (Fsp3) is 0.312. The van der Waals surface area contributed by atoms with Gasteiger partial charge in [-0.25, -0.2) is 14.2 Å². The van der Waals surface area contributed by atoms with Gasteiger partial charge in [-0.1, -0.05) is 30.3 Å². The Bertz CT molecular complexity index is 2070. The minimum atomic E-state index is -0.987. The summed E-state index contributed by atoms with van der Waals surface area (Å²) >= 11 is 0. The monoisotopic (exact) mass is 597 g/mol. The van der Waals surface area contributed by atoms with Crippen molar-refractivity contribution >= 4 is 28.5 Å². The first-order chi connectivity index (χ1) is 20.9. The summed E-state index contributed by atoms with van der Waals surface area (Å²) in [5.41, 5.74) is 1.35. The second kappa shape index (κ2) is 10.5. The average Bonchev–Trinajstić information content (AvgIpc) is 3.66. The molecule has 2 aromatic carbocycles. The van der Waals surface area contributed by atoms with Crippen LogP contribution in [-0.4, -0.2) is 48.0 Å². The van der Waals surface area contributed by atoms with Crippen LogP contribution in [0.3, 0.4) is 0 Å². The van der Waals surface area contributed by atoms with Crippen LogP contribution >= 0.6 is 0 Å². The summed E-state index contributed by atoms with van der Waals surface area (Å²) < 4.78 is 18.0. The number of halogens is 1. The van der Waals surface area contributed by atoms with Crippen LogP contribution in [0.2, 0.25) is 0 Å². The number of ketones is 1. The number of carbonyl (C=O) groups is 2. The van der Waals surface area contributed by atoms with Crippen molar-refractivity contribution < 1.29 is 14.0 Å². The number of anilines is 1. The lowest BCUT2D eigenvalue weighted by molar-refractivity contribution is -0.114. The van der Waals surface area contributed by atoms with E-state index in [9.17, 15) is 23.6 Å². The van der Waals surface area contributed by atoms with Crippen LogP contribution in [0.25, 0.3) is 11.2 Å². The maximum absolute atomic E-state index is 15.0. The van der Waals surface area contributed by atoms with Gasteiger partial charge >= 0.3 is 5.69 Å². The Labute approximate surface area is 251 Å². The number of Topliss-reactive ketones (excluding diaryl/α,β-unsaturated/α-hetero) is 1. The summed E-state index contributed by atoms with van der Waals surface area (Å²) in [6, 6.07) is 13.4. The molecule has 0 aliphatic heterocycles. The van der Waals surface area contributed by atoms with Crippen LogP contribution in [0.15, 0.2) is 58.1 Å². The third-order valence-corrected chi connectivity index (χ3v) is 8.64. The standard InChI is InChI=1S/C32H32FN7O4/c1-17-24(18(2)39(5)37-17)26(41)29(43)38(4)21-12-10-20(11-13-21)32(3,16-19-8-6-7-9-23(19)33)30-34-25-27(35-30)40(22-14-15-22)31(44)36-28(25)42/h6-13,22H,14-16H2,1-5H3,(H,34,35)(H,36,42,44). The number of hydrogen-bond donors (Lipinski definition) is 2. The summed E-state index contributed by atoms with van der Waals surface area (Å²) in [6.07, 6.45) is 1.80. The maximum atomic E-state index is 15.0. The number of hydrogen-bond acceptors (Lipinski definition) is 6. The SMILES string of the molecule is Cc1nn(C)c(C)c1C(=O)C(=O)N(C)c1ccc(C(C)(Cc2ccccc2F)c2nc3c([nH]2)c(=O)[nH]c(=O)n3C2CC2)cc1. The van der Waals surface area contributed by atoms with Crippen LogP contribution in [0.1, 0.15) is 64.5 Å². The summed E-state index contributed by atoms with van der Waals surface area (Å²) in [6.45, 7) is 5.31. The predicted octanol–water partition coefficient (Wildman–Crippen LogP) is 3.63. The molecule has 2 N–H and O–H groups in total. The zero-order valence-electron chi connectivity index (χ0n) is 25.1. The van der Waals surface area contributed by atoms with E-state index in [0.29, 0.717) is 34.0 Å². The lowest BCUT2D eigenvalue weighted by atomic mass is 9.76. The predicted molar refractivity (Wildman–Crippen MR) is 163 cm³/mol.